The Morgan fingerprint density at radius 3 is 1.54 bits per heavy atom. The highest BCUT2D eigenvalue weighted by Gasteiger charge is 2.47. The Hall–Kier alpha value is -6.17. The van der Waals surface area contributed by atoms with E-state index in [1.165, 1.54) is 24.3 Å². The number of piperazine rings is 2. The smallest absolute Gasteiger partial charge is 0.274 e. The van der Waals surface area contributed by atoms with Crippen molar-refractivity contribution in [1.29, 1.82) is 0 Å². The van der Waals surface area contributed by atoms with E-state index in [9.17, 15) is 28.3 Å². The maximum atomic E-state index is 13.8. The van der Waals surface area contributed by atoms with Crippen LogP contribution in [0.3, 0.4) is 0 Å². The number of carbonyl (C=O) groups is 3. The van der Waals surface area contributed by atoms with E-state index in [0.717, 1.165) is 72.4 Å². The standard InChI is InChI=1S/C29H34FN5O4.C23H26FN5O/c1-27(2)18-33(26(37)29(38)10-14-39-15-11-29)12-13-34(27)25(36)23-17-35-24(31-23)21(28(3)8-9-28)16-22(32-35)19-4-6-20(30)7-5-19;1-22(2)14-25-10-11-28(22)21(30)19-13-29-20(26-19)17(23(3)8-9-23)12-18(27-29)15-4-6-16(24)7-5-15/h4-7,16-17,38H,8-15,18H2,1-3H3;4-7,12-13,25H,8-11,14H2,1-3H3. The molecule has 5 aliphatic rings. The molecule has 3 saturated heterocycles. The van der Waals surface area contributed by atoms with Crippen LogP contribution >= 0.6 is 0 Å². The monoisotopic (exact) mass is 942 g/mol. The Labute approximate surface area is 399 Å². The zero-order chi connectivity index (χ0) is 48.7. The minimum Gasteiger partial charge on any atom is -0.381 e. The van der Waals surface area contributed by atoms with Crippen molar-refractivity contribution < 1.29 is 33.0 Å². The molecule has 0 atom stereocenters. The summed E-state index contributed by atoms with van der Waals surface area (Å²) in [6.07, 6.45) is 8.16. The van der Waals surface area contributed by atoms with Gasteiger partial charge in [0.1, 0.15) is 28.6 Å². The molecule has 2 saturated carbocycles. The second-order valence-corrected chi connectivity index (χ2v) is 21.4. The van der Waals surface area contributed by atoms with Crippen LogP contribution in [0.15, 0.2) is 73.1 Å². The van der Waals surface area contributed by atoms with Gasteiger partial charge in [0.2, 0.25) is 0 Å². The Balaban J connectivity index is 0.000000166. The molecule has 3 aliphatic heterocycles. The molecule has 362 valence electrons. The number of rotatable bonds is 7. The van der Waals surface area contributed by atoms with E-state index in [1.54, 1.807) is 55.5 Å². The first-order chi connectivity index (χ1) is 32.8. The summed E-state index contributed by atoms with van der Waals surface area (Å²) < 4.78 is 35.6. The average molecular weight is 943 g/mol. The Bertz CT molecular complexity index is 2970. The lowest BCUT2D eigenvalue weighted by atomic mass is 9.90. The fourth-order valence-corrected chi connectivity index (χ4v) is 10.0. The van der Waals surface area contributed by atoms with E-state index >= 15 is 0 Å². The summed E-state index contributed by atoms with van der Waals surface area (Å²) in [5.74, 6) is -1.17. The van der Waals surface area contributed by atoms with Crippen molar-refractivity contribution in [1.82, 2.24) is 49.2 Å². The van der Waals surface area contributed by atoms with Crippen molar-refractivity contribution in [3.8, 4) is 22.5 Å². The van der Waals surface area contributed by atoms with E-state index in [2.05, 4.69) is 33.0 Å². The number of amides is 3. The molecule has 6 aromatic rings. The number of hydrogen-bond acceptors (Lipinski definition) is 10. The van der Waals surface area contributed by atoms with Crippen LogP contribution in [0.25, 0.3) is 33.8 Å². The van der Waals surface area contributed by atoms with Crippen molar-refractivity contribution in [3.63, 3.8) is 0 Å². The molecule has 4 aromatic heterocycles. The molecule has 0 bridgehead atoms. The quantitative estimate of drug-likeness (QED) is 0.178. The summed E-state index contributed by atoms with van der Waals surface area (Å²) in [5, 5.41) is 23.7. The second-order valence-electron chi connectivity index (χ2n) is 21.4. The molecule has 15 nitrogen and oxygen atoms in total. The summed E-state index contributed by atoms with van der Waals surface area (Å²) >= 11 is 0. The Morgan fingerprint density at radius 2 is 1.10 bits per heavy atom. The predicted octanol–water partition coefficient (Wildman–Crippen LogP) is 6.60. The lowest BCUT2D eigenvalue weighted by Crippen LogP contribution is -2.65. The van der Waals surface area contributed by atoms with Gasteiger partial charge in [-0.1, -0.05) is 13.8 Å². The zero-order valence-corrected chi connectivity index (χ0v) is 40.2. The molecular formula is C52H60F2N10O5. The third-order valence-electron chi connectivity index (χ3n) is 15.1. The van der Waals surface area contributed by atoms with Gasteiger partial charge in [-0.25, -0.2) is 27.8 Å². The third kappa shape index (κ3) is 8.89. The Kier molecular flexibility index (Phi) is 11.5. The fraction of sp³-hybridized carbons (Fsp3) is 0.481. The van der Waals surface area contributed by atoms with Gasteiger partial charge in [0, 0.05) is 87.6 Å². The van der Waals surface area contributed by atoms with Crippen molar-refractivity contribution >= 4 is 29.0 Å². The molecule has 7 heterocycles. The lowest BCUT2D eigenvalue weighted by Gasteiger charge is -2.48. The van der Waals surface area contributed by atoms with E-state index < -0.39 is 11.1 Å². The van der Waals surface area contributed by atoms with E-state index in [4.69, 9.17) is 24.9 Å². The van der Waals surface area contributed by atoms with E-state index in [0.29, 0.717) is 62.1 Å². The van der Waals surface area contributed by atoms with Crippen LogP contribution in [0.5, 0.6) is 0 Å². The first-order valence-corrected chi connectivity index (χ1v) is 24.0. The first-order valence-electron chi connectivity index (χ1n) is 24.0. The molecular weight excluding hydrogens is 883 g/mol. The van der Waals surface area contributed by atoms with Crippen LogP contribution in [0.4, 0.5) is 8.78 Å². The zero-order valence-electron chi connectivity index (χ0n) is 40.2. The van der Waals surface area contributed by atoms with Gasteiger partial charge < -0.3 is 29.9 Å². The Morgan fingerprint density at radius 1 is 0.638 bits per heavy atom. The number of aliphatic hydroxyl groups is 1. The molecule has 2 N–H and O–H groups in total. The third-order valence-corrected chi connectivity index (χ3v) is 15.1. The van der Waals surface area contributed by atoms with Gasteiger partial charge in [-0.05, 0) is 125 Å². The van der Waals surface area contributed by atoms with Crippen LogP contribution in [0, 0.1) is 11.6 Å². The molecule has 0 spiro atoms. The number of imidazole rings is 2. The van der Waals surface area contributed by atoms with Gasteiger partial charge in [0.25, 0.3) is 17.7 Å². The van der Waals surface area contributed by atoms with E-state index in [1.807, 2.05) is 30.9 Å². The molecule has 11 rings (SSSR count). The van der Waals surface area contributed by atoms with Crippen molar-refractivity contribution in [2.24, 2.45) is 0 Å². The predicted molar refractivity (Wildman–Crippen MR) is 255 cm³/mol. The molecule has 2 aliphatic carbocycles. The number of hydrogen-bond donors (Lipinski definition) is 2. The average Bonchev–Trinajstić information content (AvgIpc) is 4.15. The molecule has 17 heteroatoms. The van der Waals surface area contributed by atoms with Gasteiger partial charge >= 0.3 is 0 Å². The van der Waals surface area contributed by atoms with Crippen LogP contribution < -0.4 is 5.32 Å². The van der Waals surface area contributed by atoms with Crippen LogP contribution in [0.2, 0.25) is 0 Å². The normalized spacial score (nSPS) is 20.9. The largest absolute Gasteiger partial charge is 0.381 e. The van der Waals surface area contributed by atoms with E-state index in [-0.39, 0.29) is 58.6 Å². The maximum Gasteiger partial charge on any atom is 0.274 e. The summed E-state index contributed by atoms with van der Waals surface area (Å²) in [7, 11) is 0. The van der Waals surface area contributed by atoms with Crippen molar-refractivity contribution in [3.05, 3.63) is 107 Å². The van der Waals surface area contributed by atoms with Crippen molar-refractivity contribution in [2.45, 2.75) is 108 Å². The van der Waals surface area contributed by atoms with Crippen LogP contribution in [-0.4, -0.2) is 136 Å². The van der Waals surface area contributed by atoms with Gasteiger partial charge in [-0.15, -0.1) is 0 Å². The van der Waals surface area contributed by atoms with Crippen molar-refractivity contribution in [2.75, 3.05) is 52.5 Å². The molecule has 0 unspecified atom stereocenters. The first kappa shape index (κ1) is 46.6. The fourth-order valence-electron chi connectivity index (χ4n) is 10.0. The van der Waals surface area contributed by atoms with Gasteiger partial charge in [-0.2, -0.15) is 10.2 Å². The summed E-state index contributed by atoms with van der Waals surface area (Å²) in [4.78, 5) is 55.1. The number of benzene rings is 2. The molecule has 5 fully saturated rings. The number of carbonyl (C=O) groups excluding carboxylic acids is 3. The highest BCUT2D eigenvalue weighted by atomic mass is 19.1. The minimum atomic E-state index is -1.41. The summed E-state index contributed by atoms with van der Waals surface area (Å²) in [6.45, 7) is 16.2. The van der Waals surface area contributed by atoms with Gasteiger partial charge in [-0.3, -0.25) is 14.4 Å². The number of nitrogens with one attached hydrogen (secondary N) is 1. The topological polar surface area (TPSA) is 163 Å². The highest BCUT2D eigenvalue weighted by molar-refractivity contribution is 5.95. The van der Waals surface area contributed by atoms with Crippen LogP contribution in [0.1, 0.15) is 112 Å². The molecule has 0 radical (unpaired) electrons. The number of aromatic nitrogens is 6. The highest BCUT2D eigenvalue weighted by Crippen LogP contribution is 2.50. The SMILES string of the molecule is CC1(c2cc(-c3ccc(F)cc3)nn3cc(C(=O)N4CCN(C(=O)C5(O)CCOCC5)CC4(C)C)nc23)CC1.CC1(c2cc(-c3ccc(F)cc3)nn3cc(C(=O)N4CCNCC4(C)C)nc23)CC1. The summed E-state index contributed by atoms with van der Waals surface area (Å²) in [6, 6.07) is 16.6. The number of fused-ring (bicyclic) bond motifs is 2. The number of halogens is 2. The molecule has 2 aromatic carbocycles. The maximum absolute atomic E-state index is 13.8. The van der Waals surface area contributed by atoms with Gasteiger partial charge in [0.05, 0.1) is 34.9 Å². The summed E-state index contributed by atoms with van der Waals surface area (Å²) in [5.41, 5.74) is 4.94. The molecule has 69 heavy (non-hydrogen) atoms. The number of nitrogens with zero attached hydrogens (tertiary/aromatic N) is 9. The van der Waals surface area contributed by atoms with Crippen LogP contribution in [-0.2, 0) is 20.4 Å². The second kappa shape index (κ2) is 17.1. The number of ether oxygens (including phenoxy) is 1. The lowest BCUT2D eigenvalue weighted by molar-refractivity contribution is -0.164. The minimum absolute atomic E-state index is 0.0406. The van der Waals surface area contributed by atoms with Gasteiger partial charge in [0.15, 0.2) is 11.3 Å². The molecule has 3 amide bonds.